The third-order valence-corrected chi connectivity index (χ3v) is 5.49. The smallest absolute Gasteiger partial charge is 0.286 e. The second-order valence-corrected chi connectivity index (χ2v) is 7.66. The fourth-order valence-corrected chi connectivity index (χ4v) is 3.60. The number of nitro groups is 1. The van der Waals surface area contributed by atoms with Crippen LogP contribution in [0.2, 0.25) is 0 Å². The number of sulfonamides is 1. The summed E-state index contributed by atoms with van der Waals surface area (Å²) in [6.45, 7) is 2.28. The van der Waals surface area contributed by atoms with Crippen molar-refractivity contribution in [2.45, 2.75) is 17.9 Å². The fourth-order valence-electron chi connectivity index (χ4n) is 2.32. The van der Waals surface area contributed by atoms with Gasteiger partial charge in [0.05, 0.1) is 23.5 Å². The zero-order valence-corrected chi connectivity index (χ0v) is 15.5. The van der Waals surface area contributed by atoms with E-state index < -0.39 is 14.9 Å². The molecule has 1 saturated heterocycles. The highest BCUT2D eigenvalue weighted by Crippen LogP contribution is 2.36. The molecule has 2 aromatic carbocycles. The number of benzene rings is 2. The quantitative estimate of drug-likeness (QED) is 0.384. The molecule has 144 valence electrons. The van der Waals surface area contributed by atoms with Gasteiger partial charge in [0.25, 0.3) is 15.7 Å². The average Bonchev–Trinajstić information content (AvgIpc) is 3.46. The van der Waals surface area contributed by atoms with E-state index in [1.165, 1.54) is 31.4 Å². The standard InChI is InChI=1S/C17H18N2O7S/c1-12-3-6-15(7-4-12)27(22,23)19(26-11-14-10-25-14)16-9-13(18(20)21)5-8-17(16)24-2/h3-9,14H,10-11H2,1-2H3. The first-order valence-corrected chi connectivity index (χ1v) is 9.46. The number of ether oxygens (including phenoxy) is 2. The van der Waals surface area contributed by atoms with Crippen LogP contribution in [-0.4, -0.2) is 39.8 Å². The Kier molecular flexibility index (Phi) is 5.31. The fraction of sp³-hybridized carbons (Fsp3) is 0.294. The second kappa shape index (κ2) is 7.51. The molecule has 0 aromatic heterocycles. The first kappa shape index (κ1) is 19.1. The predicted molar refractivity (Wildman–Crippen MR) is 96.2 cm³/mol. The highest BCUT2D eigenvalue weighted by atomic mass is 32.2. The number of epoxide rings is 1. The van der Waals surface area contributed by atoms with Gasteiger partial charge >= 0.3 is 0 Å². The van der Waals surface area contributed by atoms with Crippen LogP contribution in [0.15, 0.2) is 47.4 Å². The van der Waals surface area contributed by atoms with Crippen LogP contribution >= 0.6 is 0 Å². The molecule has 2 aromatic rings. The molecule has 1 aliphatic rings. The number of rotatable bonds is 8. The molecule has 10 heteroatoms. The van der Waals surface area contributed by atoms with Gasteiger partial charge in [-0.25, -0.2) is 0 Å². The van der Waals surface area contributed by atoms with Crippen LogP contribution in [0.5, 0.6) is 5.75 Å². The minimum atomic E-state index is -4.16. The molecule has 0 saturated carbocycles. The molecule has 0 N–H and O–H groups in total. The number of non-ortho nitro benzene ring substituents is 1. The summed E-state index contributed by atoms with van der Waals surface area (Å²) in [6, 6.07) is 9.83. The zero-order valence-electron chi connectivity index (χ0n) is 14.7. The summed E-state index contributed by atoms with van der Waals surface area (Å²) in [5.74, 6) is 0.119. The Hall–Kier alpha value is -2.69. The van der Waals surface area contributed by atoms with Crippen LogP contribution in [0, 0.1) is 17.0 Å². The Morgan fingerprint density at radius 1 is 1.26 bits per heavy atom. The minimum absolute atomic E-state index is 0.0154. The molecule has 27 heavy (non-hydrogen) atoms. The van der Waals surface area contributed by atoms with E-state index in [0.29, 0.717) is 11.1 Å². The molecule has 1 fully saturated rings. The summed E-state index contributed by atoms with van der Waals surface area (Å²) in [4.78, 5) is 16.0. The van der Waals surface area contributed by atoms with E-state index in [1.54, 1.807) is 12.1 Å². The van der Waals surface area contributed by atoms with Gasteiger partial charge < -0.3 is 9.47 Å². The predicted octanol–water partition coefficient (Wildman–Crippen LogP) is 2.44. The van der Waals surface area contributed by atoms with E-state index in [2.05, 4.69) is 0 Å². The number of methoxy groups -OCH3 is 1. The third-order valence-electron chi connectivity index (χ3n) is 3.89. The molecule has 3 rings (SSSR count). The Bertz CT molecular complexity index is 940. The van der Waals surface area contributed by atoms with Crippen LogP contribution in [0.25, 0.3) is 0 Å². The maximum Gasteiger partial charge on any atom is 0.286 e. The Morgan fingerprint density at radius 3 is 2.48 bits per heavy atom. The topological polar surface area (TPSA) is 112 Å². The van der Waals surface area contributed by atoms with Gasteiger partial charge in [-0.3, -0.25) is 15.0 Å². The Balaban J connectivity index is 2.09. The highest BCUT2D eigenvalue weighted by molar-refractivity contribution is 7.92. The summed E-state index contributed by atoms with van der Waals surface area (Å²) in [6.07, 6.45) is -0.217. The Morgan fingerprint density at radius 2 is 1.93 bits per heavy atom. The Labute approximate surface area is 156 Å². The first-order chi connectivity index (χ1) is 12.8. The van der Waals surface area contributed by atoms with E-state index in [0.717, 1.165) is 11.6 Å². The van der Waals surface area contributed by atoms with Gasteiger partial charge in [0.2, 0.25) is 0 Å². The van der Waals surface area contributed by atoms with Crippen molar-refractivity contribution in [1.82, 2.24) is 0 Å². The van der Waals surface area contributed by atoms with Crippen molar-refractivity contribution in [3.63, 3.8) is 0 Å². The van der Waals surface area contributed by atoms with Crippen molar-refractivity contribution in [3.05, 3.63) is 58.1 Å². The molecule has 1 aliphatic heterocycles. The number of hydrogen-bond acceptors (Lipinski definition) is 7. The van der Waals surface area contributed by atoms with Crippen LogP contribution in [0.1, 0.15) is 5.56 Å². The van der Waals surface area contributed by atoms with Crippen LogP contribution in [0.3, 0.4) is 0 Å². The maximum atomic E-state index is 13.2. The first-order valence-electron chi connectivity index (χ1n) is 8.02. The molecule has 0 amide bonds. The number of nitrogens with zero attached hydrogens (tertiary/aromatic N) is 2. The van der Waals surface area contributed by atoms with Gasteiger partial charge in [-0.1, -0.05) is 17.7 Å². The summed E-state index contributed by atoms with van der Waals surface area (Å²) < 4.78 is 37.2. The van der Waals surface area contributed by atoms with Gasteiger partial charge in [0.15, 0.2) is 0 Å². The van der Waals surface area contributed by atoms with Crippen molar-refractivity contribution < 1.29 is 27.7 Å². The molecule has 1 unspecified atom stereocenters. The van der Waals surface area contributed by atoms with E-state index in [9.17, 15) is 18.5 Å². The van der Waals surface area contributed by atoms with Gasteiger partial charge in [-0.2, -0.15) is 8.42 Å². The van der Waals surface area contributed by atoms with Crippen molar-refractivity contribution in [1.29, 1.82) is 0 Å². The van der Waals surface area contributed by atoms with Gasteiger partial charge in [0, 0.05) is 12.1 Å². The molecule has 0 aliphatic carbocycles. The normalized spacial score (nSPS) is 16.0. The number of anilines is 1. The summed E-state index contributed by atoms with van der Waals surface area (Å²) in [5.41, 5.74) is 0.509. The van der Waals surface area contributed by atoms with Crippen molar-refractivity contribution in [3.8, 4) is 5.75 Å². The van der Waals surface area contributed by atoms with Crippen LogP contribution in [-0.2, 0) is 19.6 Å². The minimum Gasteiger partial charge on any atom is -0.494 e. The lowest BCUT2D eigenvalue weighted by Crippen LogP contribution is -2.33. The van der Waals surface area contributed by atoms with E-state index >= 15 is 0 Å². The second-order valence-electron chi connectivity index (χ2n) is 5.91. The zero-order chi connectivity index (χ0) is 19.6. The maximum absolute atomic E-state index is 13.2. The van der Waals surface area contributed by atoms with Gasteiger partial charge in [-0.05, 0) is 25.1 Å². The molecule has 1 atom stereocenters. The lowest BCUT2D eigenvalue weighted by molar-refractivity contribution is -0.384. The molecule has 1 heterocycles. The third kappa shape index (κ3) is 4.18. The van der Waals surface area contributed by atoms with Gasteiger partial charge in [-0.15, -0.1) is 4.47 Å². The van der Waals surface area contributed by atoms with E-state index in [1.807, 2.05) is 6.92 Å². The number of hydrogen-bond donors (Lipinski definition) is 0. The summed E-state index contributed by atoms with van der Waals surface area (Å²) >= 11 is 0. The van der Waals surface area contributed by atoms with Crippen molar-refractivity contribution in [2.24, 2.45) is 0 Å². The van der Waals surface area contributed by atoms with Crippen LogP contribution in [0.4, 0.5) is 11.4 Å². The largest absolute Gasteiger partial charge is 0.494 e. The lowest BCUT2D eigenvalue weighted by atomic mass is 10.2. The lowest BCUT2D eigenvalue weighted by Gasteiger charge is -2.24. The molecule has 9 nitrogen and oxygen atoms in total. The summed E-state index contributed by atoms with van der Waals surface area (Å²) in [5, 5.41) is 11.1. The van der Waals surface area contributed by atoms with Gasteiger partial charge in [0.1, 0.15) is 24.1 Å². The average molecular weight is 394 g/mol. The number of aryl methyl sites for hydroxylation is 1. The molecule has 0 radical (unpaired) electrons. The highest BCUT2D eigenvalue weighted by Gasteiger charge is 2.33. The SMILES string of the molecule is COc1ccc([N+](=O)[O-])cc1N(OCC1CO1)S(=O)(=O)c1ccc(C)cc1. The van der Waals surface area contributed by atoms with Crippen molar-refractivity contribution >= 4 is 21.4 Å². The van der Waals surface area contributed by atoms with E-state index in [-0.39, 0.29) is 34.7 Å². The summed E-state index contributed by atoms with van der Waals surface area (Å²) in [7, 11) is -2.82. The molecular formula is C17H18N2O7S. The van der Waals surface area contributed by atoms with E-state index in [4.69, 9.17) is 14.3 Å². The monoisotopic (exact) mass is 394 g/mol. The molecular weight excluding hydrogens is 376 g/mol. The van der Waals surface area contributed by atoms with Crippen LogP contribution < -0.4 is 9.21 Å². The van der Waals surface area contributed by atoms with Crippen molar-refractivity contribution in [2.75, 3.05) is 24.8 Å². The molecule has 0 spiro atoms. The number of nitro benzene ring substituents is 1. The molecule has 0 bridgehead atoms.